The van der Waals surface area contributed by atoms with Gasteiger partial charge in [-0.2, -0.15) is 0 Å². The fraction of sp³-hybridized carbons (Fsp3) is 0.174. The van der Waals surface area contributed by atoms with Gasteiger partial charge in [0, 0.05) is 12.2 Å². The summed E-state index contributed by atoms with van der Waals surface area (Å²) >= 11 is 7.48. The standard InChI is InChI=1S/C23H21ClN4O2S/c1-2-28-21(14-30-20-10-6-5-9-19(20)24)26-27-23(28)31-15-22(29)25-18-12-11-16-7-3-4-8-17(16)13-18/h3-13H,2,14-15H2,1H3,(H,25,29). The van der Waals surface area contributed by atoms with Crippen molar-refractivity contribution in [2.45, 2.75) is 25.2 Å². The first-order valence-electron chi connectivity index (χ1n) is 9.85. The maximum absolute atomic E-state index is 12.4. The fourth-order valence-corrected chi connectivity index (χ4v) is 4.16. The number of fused-ring (bicyclic) bond motifs is 1. The third kappa shape index (κ3) is 5.18. The molecular weight excluding hydrogens is 432 g/mol. The molecule has 0 aliphatic heterocycles. The number of carbonyl (C=O) groups excluding carboxylic acids is 1. The van der Waals surface area contributed by atoms with E-state index in [-0.39, 0.29) is 18.3 Å². The Labute approximate surface area is 189 Å². The van der Waals surface area contributed by atoms with Crippen molar-refractivity contribution >= 4 is 45.7 Å². The summed E-state index contributed by atoms with van der Waals surface area (Å²) in [6, 6.07) is 21.2. The maximum Gasteiger partial charge on any atom is 0.234 e. The van der Waals surface area contributed by atoms with E-state index in [1.807, 2.05) is 72.2 Å². The number of nitrogens with one attached hydrogen (secondary N) is 1. The van der Waals surface area contributed by atoms with E-state index in [4.69, 9.17) is 16.3 Å². The van der Waals surface area contributed by atoms with Gasteiger partial charge in [-0.1, -0.05) is 65.8 Å². The van der Waals surface area contributed by atoms with Gasteiger partial charge in [0.1, 0.15) is 12.4 Å². The Morgan fingerprint density at radius 3 is 2.65 bits per heavy atom. The van der Waals surface area contributed by atoms with Crippen LogP contribution in [0.4, 0.5) is 5.69 Å². The molecule has 4 aromatic rings. The first-order valence-corrected chi connectivity index (χ1v) is 11.2. The van der Waals surface area contributed by atoms with Gasteiger partial charge >= 0.3 is 0 Å². The van der Waals surface area contributed by atoms with Crippen LogP contribution in [0, 0.1) is 0 Å². The lowest BCUT2D eigenvalue weighted by Gasteiger charge is -2.10. The van der Waals surface area contributed by atoms with Crippen molar-refractivity contribution in [1.82, 2.24) is 14.8 Å². The maximum atomic E-state index is 12.4. The fourth-order valence-electron chi connectivity index (χ4n) is 3.15. The summed E-state index contributed by atoms with van der Waals surface area (Å²) < 4.78 is 7.71. The van der Waals surface area contributed by atoms with Gasteiger partial charge in [0.25, 0.3) is 0 Å². The molecule has 1 heterocycles. The Balaban J connectivity index is 1.36. The Kier molecular flexibility index (Phi) is 6.74. The van der Waals surface area contributed by atoms with Crippen LogP contribution in [0.3, 0.4) is 0 Å². The van der Waals surface area contributed by atoms with Crippen LogP contribution in [0.5, 0.6) is 5.75 Å². The van der Waals surface area contributed by atoms with E-state index in [1.54, 1.807) is 6.07 Å². The van der Waals surface area contributed by atoms with E-state index in [0.29, 0.717) is 28.3 Å². The summed E-state index contributed by atoms with van der Waals surface area (Å²) in [5.74, 6) is 1.41. The second kappa shape index (κ2) is 9.85. The monoisotopic (exact) mass is 452 g/mol. The van der Waals surface area contributed by atoms with Gasteiger partial charge in [-0.15, -0.1) is 10.2 Å². The third-order valence-electron chi connectivity index (χ3n) is 4.67. The summed E-state index contributed by atoms with van der Waals surface area (Å²) in [6.45, 7) is 2.92. The molecule has 0 saturated heterocycles. The lowest BCUT2D eigenvalue weighted by atomic mass is 10.1. The highest BCUT2D eigenvalue weighted by atomic mass is 35.5. The zero-order valence-electron chi connectivity index (χ0n) is 16.9. The topological polar surface area (TPSA) is 69.0 Å². The van der Waals surface area contributed by atoms with Gasteiger partial charge in [0.05, 0.1) is 10.8 Å². The Hall–Kier alpha value is -3.03. The van der Waals surface area contributed by atoms with Crippen molar-refractivity contribution in [1.29, 1.82) is 0 Å². The van der Waals surface area contributed by atoms with E-state index in [9.17, 15) is 4.79 Å². The van der Waals surface area contributed by atoms with Crippen LogP contribution in [0.2, 0.25) is 5.02 Å². The number of halogens is 1. The number of aromatic nitrogens is 3. The van der Waals surface area contributed by atoms with Gasteiger partial charge < -0.3 is 14.6 Å². The number of para-hydroxylation sites is 1. The smallest absolute Gasteiger partial charge is 0.234 e. The molecule has 1 amide bonds. The SMILES string of the molecule is CCn1c(COc2ccccc2Cl)nnc1SCC(=O)Nc1ccc2ccccc2c1. The number of thioether (sulfide) groups is 1. The number of hydrogen-bond acceptors (Lipinski definition) is 5. The lowest BCUT2D eigenvalue weighted by Crippen LogP contribution is -2.15. The molecule has 0 saturated carbocycles. The van der Waals surface area contributed by atoms with E-state index >= 15 is 0 Å². The number of carbonyl (C=O) groups is 1. The van der Waals surface area contributed by atoms with Crippen molar-refractivity contribution in [3.63, 3.8) is 0 Å². The molecule has 0 bridgehead atoms. The van der Waals surface area contributed by atoms with Gasteiger partial charge in [0.2, 0.25) is 5.91 Å². The minimum Gasteiger partial charge on any atom is -0.484 e. The molecule has 8 heteroatoms. The number of amides is 1. The van der Waals surface area contributed by atoms with E-state index < -0.39 is 0 Å². The molecule has 1 aromatic heterocycles. The normalized spacial score (nSPS) is 10.9. The number of ether oxygens (including phenoxy) is 1. The molecule has 0 fully saturated rings. The highest BCUT2D eigenvalue weighted by Gasteiger charge is 2.14. The first kappa shape index (κ1) is 21.2. The molecular formula is C23H21ClN4O2S. The molecule has 0 spiro atoms. The van der Waals surface area contributed by atoms with Crippen LogP contribution < -0.4 is 10.1 Å². The van der Waals surface area contributed by atoms with Crippen LogP contribution in [-0.2, 0) is 17.9 Å². The highest BCUT2D eigenvalue weighted by Crippen LogP contribution is 2.25. The second-order valence-corrected chi connectivity index (χ2v) is 8.11. The summed E-state index contributed by atoms with van der Waals surface area (Å²) in [6.07, 6.45) is 0. The number of hydrogen-bond donors (Lipinski definition) is 1. The van der Waals surface area contributed by atoms with Gasteiger partial charge in [-0.25, -0.2) is 0 Å². The van der Waals surface area contributed by atoms with Gasteiger partial charge in [-0.05, 0) is 42.0 Å². The van der Waals surface area contributed by atoms with Crippen LogP contribution in [0.25, 0.3) is 10.8 Å². The molecule has 1 N–H and O–H groups in total. The molecule has 31 heavy (non-hydrogen) atoms. The average Bonchev–Trinajstić information content (AvgIpc) is 3.19. The molecule has 6 nitrogen and oxygen atoms in total. The molecule has 0 radical (unpaired) electrons. The summed E-state index contributed by atoms with van der Waals surface area (Å²) in [5, 5.41) is 14.8. The third-order valence-corrected chi connectivity index (χ3v) is 5.95. The lowest BCUT2D eigenvalue weighted by molar-refractivity contribution is -0.113. The largest absolute Gasteiger partial charge is 0.484 e. The average molecular weight is 453 g/mol. The van der Waals surface area contributed by atoms with E-state index in [2.05, 4.69) is 15.5 Å². The zero-order chi connectivity index (χ0) is 21.6. The minimum atomic E-state index is -0.0974. The van der Waals surface area contributed by atoms with Gasteiger partial charge in [0.15, 0.2) is 11.0 Å². The van der Waals surface area contributed by atoms with Crippen molar-refractivity contribution < 1.29 is 9.53 Å². The quantitative estimate of drug-likeness (QED) is 0.362. The van der Waals surface area contributed by atoms with Crippen molar-refractivity contribution in [2.24, 2.45) is 0 Å². The Morgan fingerprint density at radius 1 is 1.06 bits per heavy atom. The first-order chi connectivity index (χ1) is 15.1. The minimum absolute atomic E-state index is 0.0974. The molecule has 0 unspecified atom stereocenters. The second-order valence-electron chi connectivity index (χ2n) is 6.76. The molecule has 0 aliphatic rings. The molecule has 3 aromatic carbocycles. The summed E-state index contributed by atoms with van der Waals surface area (Å²) in [7, 11) is 0. The summed E-state index contributed by atoms with van der Waals surface area (Å²) in [4.78, 5) is 12.4. The van der Waals surface area contributed by atoms with E-state index in [0.717, 1.165) is 16.5 Å². The highest BCUT2D eigenvalue weighted by molar-refractivity contribution is 7.99. The van der Waals surface area contributed by atoms with E-state index in [1.165, 1.54) is 11.8 Å². The van der Waals surface area contributed by atoms with Crippen LogP contribution in [0.15, 0.2) is 71.9 Å². The van der Waals surface area contributed by atoms with Gasteiger partial charge in [-0.3, -0.25) is 4.79 Å². The van der Waals surface area contributed by atoms with Crippen molar-refractivity contribution in [3.8, 4) is 5.75 Å². The Morgan fingerprint density at radius 2 is 1.84 bits per heavy atom. The van der Waals surface area contributed by atoms with Crippen LogP contribution in [0.1, 0.15) is 12.7 Å². The van der Waals surface area contributed by atoms with Crippen molar-refractivity contribution in [3.05, 3.63) is 77.6 Å². The predicted molar refractivity (Wildman–Crippen MR) is 125 cm³/mol. The number of rotatable bonds is 8. The molecule has 158 valence electrons. The predicted octanol–water partition coefficient (Wildman–Crippen LogP) is 5.41. The molecule has 0 atom stereocenters. The number of benzene rings is 3. The molecule has 4 rings (SSSR count). The number of nitrogens with zero attached hydrogens (tertiary/aromatic N) is 3. The van der Waals surface area contributed by atoms with Crippen molar-refractivity contribution in [2.75, 3.05) is 11.1 Å². The van der Waals surface area contributed by atoms with Crippen LogP contribution in [-0.4, -0.2) is 26.4 Å². The zero-order valence-corrected chi connectivity index (χ0v) is 18.5. The van der Waals surface area contributed by atoms with Crippen LogP contribution >= 0.6 is 23.4 Å². The number of anilines is 1. The summed E-state index contributed by atoms with van der Waals surface area (Å²) in [5.41, 5.74) is 0.773. The Bertz CT molecular complexity index is 1210. The molecule has 0 aliphatic carbocycles.